The molecule has 0 aliphatic carbocycles. The molecule has 0 aliphatic rings. The number of carbonyl (C=O) groups excluding carboxylic acids is 3. The second kappa shape index (κ2) is 10.6. The largest absolute Gasteiger partial charge is 0.350 e. The number of rotatable bonds is 9. The number of benzene rings is 2. The van der Waals surface area contributed by atoms with Crippen molar-refractivity contribution in [1.82, 2.24) is 20.2 Å². The summed E-state index contributed by atoms with van der Waals surface area (Å²) in [4.78, 5) is 40.3. The Morgan fingerprint density at radius 3 is 2.27 bits per heavy atom. The van der Waals surface area contributed by atoms with Gasteiger partial charge >= 0.3 is 0 Å². The van der Waals surface area contributed by atoms with Crippen molar-refractivity contribution in [2.24, 2.45) is 0 Å². The van der Waals surface area contributed by atoms with Crippen LogP contribution in [0.1, 0.15) is 27.1 Å². The van der Waals surface area contributed by atoms with Gasteiger partial charge in [0.15, 0.2) is 0 Å². The van der Waals surface area contributed by atoms with Gasteiger partial charge in [0, 0.05) is 55.3 Å². The molecule has 8 heteroatoms. The van der Waals surface area contributed by atoms with Crippen LogP contribution in [0.2, 0.25) is 0 Å². The molecule has 1 heterocycles. The Hall–Kier alpha value is -3.94. The highest BCUT2D eigenvalue weighted by Gasteiger charge is 2.09. The van der Waals surface area contributed by atoms with Crippen LogP contribution < -0.4 is 16.0 Å². The fourth-order valence-corrected chi connectivity index (χ4v) is 2.76. The molecule has 0 spiro atoms. The van der Waals surface area contributed by atoms with E-state index in [1.807, 2.05) is 10.6 Å². The summed E-state index contributed by atoms with van der Waals surface area (Å²) in [5.41, 5.74) is 1.55. The van der Waals surface area contributed by atoms with Gasteiger partial charge in [-0.3, -0.25) is 14.4 Å². The van der Waals surface area contributed by atoms with Crippen LogP contribution in [0.3, 0.4) is 0 Å². The number of hydrogen-bond donors (Lipinski definition) is 3. The van der Waals surface area contributed by atoms with Crippen molar-refractivity contribution < 1.29 is 14.4 Å². The van der Waals surface area contributed by atoms with Gasteiger partial charge in [0.05, 0.1) is 6.33 Å². The van der Waals surface area contributed by atoms with E-state index in [0.29, 0.717) is 42.9 Å². The maximum absolute atomic E-state index is 12.3. The Morgan fingerprint density at radius 1 is 0.867 bits per heavy atom. The Labute approximate surface area is 174 Å². The minimum Gasteiger partial charge on any atom is -0.350 e. The van der Waals surface area contributed by atoms with Crippen LogP contribution in [0, 0.1) is 0 Å². The van der Waals surface area contributed by atoms with Crippen molar-refractivity contribution in [1.29, 1.82) is 0 Å². The lowest BCUT2D eigenvalue weighted by atomic mass is 10.2. The lowest BCUT2D eigenvalue weighted by molar-refractivity contribution is -0.116. The zero-order chi connectivity index (χ0) is 21.2. The summed E-state index contributed by atoms with van der Waals surface area (Å²) >= 11 is 0. The quantitative estimate of drug-likeness (QED) is 0.474. The van der Waals surface area contributed by atoms with Gasteiger partial charge in [0.1, 0.15) is 0 Å². The van der Waals surface area contributed by atoms with Crippen LogP contribution in [-0.2, 0) is 11.3 Å². The highest BCUT2D eigenvalue weighted by atomic mass is 16.2. The van der Waals surface area contributed by atoms with E-state index in [1.165, 1.54) is 0 Å². The van der Waals surface area contributed by atoms with E-state index in [0.717, 1.165) is 0 Å². The third-order valence-corrected chi connectivity index (χ3v) is 4.30. The van der Waals surface area contributed by atoms with Crippen molar-refractivity contribution in [2.45, 2.75) is 13.0 Å². The SMILES string of the molecule is O=C(CCn1ccnc1)Nc1cccc(C(=O)NCCNC(=O)c2ccccc2)c1. The molecule has 0 fully saturated rings. The molecule has 30 heavy (non-hydrogen) atoms. The normalized spacial score (nSPS) is 10.3. The summed E-state index contributed by atoms with van der Waals surface area (Å²) in [5.74, 6) is -0.617. The molecule has 0 atom stereocenters. The van der Waals surface area contributed by atoms with Crippen molar-refractivity contribution >= 4 is 23.4 Å². The number of nitrogens with one attached hydrogen (secondary N) is 3. The van der Waals surface area contributed by atoms with Gasteiger partial charge in [-0.15, -0.1) is 0 Å². The summed E-state index contributed by atoms with van der Waals surface area (Å²) in [6.07, 6.45) is 5.40. The first kappa shape index (κ1) is 20.8. The lowest BCUT2D eigenvalue weighted by Crippen LogP contribution is -2.34. The van der Waals surface area contributed by atoms with Gasteiger partial charge in [-0.25, -0.2) is 4.98 Å². The number of aryl methyl sites for hydroxylation is 1. The molecule has 154 valence electrons. The van der Waals surface area contributed by atoms with Gasteiger partial charge in [-0.2, -0.15) is 0 Å². The van der Waals surface area contributed by atoms with Crippen LogP contribution in [0.4, 0.5) is 5.69 Å². The predicted octanol–water partition coefficient (Wildman–Crippen LogP) is 2.07. The summed E-state index contributed by atoms with van der Waals surface area (Å²) in [6, 6.07) is 15.6. The van der Waals surface area contributed by atoms with Gasteiger partial charge in [0.25, 0.3) is 11.8 Å². The minimum absolute atomic E-state index is 0.148. The van der Waals surface area contributed by atoms with Crippen molar-refractivity contribution in [3.05, 3.63) is 84.4 Å². The zero-order valence-electron chi connectivity index (χ0n) is 16.4. The monoisotopic (exact) mass is 405 g/mol. The van der Waals surface area contributed by atoms with E-state index in [2.05, 4.69) is 20.9 Å². The van der Waals surface area contributed by atoms with E-state index >= 15 is 0 Å². The topological polar surface area (TPSA) is 105 Å². The molecule has 8 nitrogen and oxygen atoms in total. The van der Waals surface area contributed by atoms with E-state index < -0.39 is 0 Å². The summed E-state index contributed by atoms with van der Waals surface area (Å²) in [7, 11) is 0. The zero-order valence-corrected chi connectivity index (χ0v) is 16.4. The second-order valence-electron chi connectivity index (χ2n) is 6.56. The number of anilines is 1. The minimum atomic E-state index is -0.279. The average Bonchev–Trinajstić information content (AvgIpc) is 3.29. The molecule has 3 amide bonds. The van der Waals surface area contributed by atoms with Crippen LogP contribution in [0.25, 0.3) is 0 Å². The molecule has 0 saturated carbocycles. The second-order valence-corrected chi connectivity index (χ2v) is 6.56. The fraction of sp³-hybridized carbons (Fsp3) is 0.182. The molecule has 3 aromatic rings. The van der Waals surface area contributed by atoms with Gasteiger partial charge < -0.3 is 20.5 Å². The molecule has 0 saturated heterocycles. The number of nitrogens with zero attached hydrogens (tertiary/aromatic N) is 2. The maximum Gasteiger partial charge on any atom is 0.251 e. The summed E-state index contributed by atoms with van der Waals surface area (Å²) in [5, 5.41) is 8.30. The first-order valence-corrected chi connectivity index (χ1v) is 9.59. The van der Waals surface area contributed by atoms with Crippen LogP contribution >= 0.6 is 0 Å². The first-order chi connectivity index (χ1) is 14.6. The number of aromatic nitrogens is 2. The van der Waals surface area contributed by atoms with Crippen LogP contribution in [-0.4, -0.2) is 40.4 Å². The number of amides is 3. The average molecular weight is 405 g/mol. The lowest BCUT2D eigenvalue weighted by Gasteiger charge is -2.09. The number of imidazole rings is 1. The van der Waals surface area contributed by atoms with Crippen LogP contribution in [0.5, 0.6) is 0 Å². The maximum atomic E-state index is 12.3. The summed E-state index contributed by atoms with van der Waals surface area (Å²) < 4.78 is 1.82. The molecule has 0 unspecified atom stereocenters. The number of carbonyl (C=O) groups is 3. The third kappa shape index (κ3) is 6.30. The van der Waals surface area contributed by atoms with Gasteiger partial charge in [-0.1, -0.05) is 24.3 Å². The predicted molar refractivity (Wildman–Crippen MR) is 113 cm³/mol. The summed E-state index contributed by atoms with van der Waals surface area (Å²) in [6.45, 7) is 1.13. The van der Waals surface area contributed by atoms with Crippen molar-refractivity contribution in [3.63, 3.8) is 0 Å². The first-order valence-electron chi connectivity index (χ1n) is 9.59. The molecule has 1 aromatic heterocycles. The third-order valence-electron chi connectivity index (χ3n) is 4.30. The Morgan fingerprint density at radius 2 is 1.57 bits per heavy atom. The Bertz CT molecular complexity index is 987. The van der Waals surface area contributed by atoms with E-state index in [9.17, 15) is 14.4 Å². The highest BCUT2D eigenvalue weighted by Crippen LogP contribution is 2.11. The van der Waals surface area contributed by atoms with E-state index in [-0.39, 0.29) is 17.7 Å². The fourth-order valence-electron chi connectivity index (χ4n) is 2.76. The molecular formula is C22H23N5O3. The number of hydrogen-bond acceptors (Lipinski definition) is 4. The van der Waals surface area contributed by atoms with Gasteiger partial charge in [0.2, 0.25) is 5.91 Å². The van der Waals surface area contributed by atoms with E-state index in [4.69, 9.17) is 0 Å². The standard InChI is InChI=1S/C22H23N5O3/c28-20(9-13-27-14-12-23-16-27)26-19-8-4-7-18(15-19)22(30)25-11-10-24-21(29)17-5-2-1-3-6-17/h1-8,12,14-16H,9-11,13H2,(H,24,29)(H,25,30)(H,26,28). The molecule has 0 bridgehead atoms. The molecule has 3 rings (SSSR count). The molecular weight excluding hydrogens is 382 g/mol. The molecule has 0 aliphatic heterocycles. The van der Waals surface area contributed by atoms with Gasteiger partial charge in [-0.05, 0) is 30.3 Å². The molecule has 0 radical (unpaired) electrons. The van der Waals surface area contributed by atoms with Crippen LogP contribution in [0.15, 0.2) is 73.3 Å². The molecule has 2 aromatic carbocycles. The van der Waals surface area contributed by atoms with E-state index in [1.54, 1.807) is 67.3 Å². The Balaban J connectivity index is 1.42. The van der Waals surface area contributed by atoms with Crippen molar-refractivity contribution in [2.75, 3.05) is 18.4 Å². The Kier molecular flexibility index (Phi) is 7.32. The highest BCUT2D eigenvalue weighted by molar-refractivity contribution is 5.97. The smallest absolute Gasteiger partial charge is 0.251 e. The molecule has 3 N–H and O–H groups in total. The van der Waals surface area contributed by atoms with Crippen molar-refractivity contribution in [3.8, 4) is 0 Å².